The summed E-state index contributed by atoms with van der Waals surface area (Å²) in [6.07, 6.45) is -1.80. The van der Waals surface area contributed by atoms with E-state index >= 15 is 0 Å². The van der Waals surface area contributed by atoms with Gasteiger partial charge in [0.1, 0.15) is 11.4 Å². The number of likely N-dealkylation sites (tertiary alicyclic amines) is 1. The Labute approximate surface area is 173 Å². The Balaban J connectivity index is 1.70. The van der Waals surface area contributed by atoms with Crippen molar-refractivity contribution in [3.8, 4) is 17.0 Å². The molecule has 6 nitrogen and oxygen atoms in total. The zero-order chi connectivity index (χ0) is 20.5. The molecule has 2 saturated heterocycles. The number of aromatic nitrogens is 2. The van der Waals surface area contributed by atoms with E-state index in [9.17, 15) is 13.9 Å². The highest BCUT2D eigenvalue weighted by atomic mass is 35.5. The van der Waals surface area contributed by atoms with Gasteiger partial charge < -0.3 is 19.6 Å². The normalized spacial score (nSPS) is 22.7. The minimum Gasteiger partial charge on any atom is -0.507 e. The van der Waals surface area contributed by atoms with Crippen molar-refractivity contribution in [2.45, 2.75) is 31.9 Å². The van der Waals surface area contributed by atoms with Crippen LogP contribution in [0.15, 0.2) is 24.3 Å². The smallest absolute Gasteiger partial charge is 0.266 e. The number of alkyl halides is 2. The van der Waals surface area contributed by atoms with E-state index in [2.05, 4.69) is 22.0 Å². The van der Waals surface area contributed by atoms with Gasteiger partial charge in [-0.25, -0.2) is 8.78 Å². The molecule has 2 aromatic rings. The van der Waals surface area contributed by atoms with Crippen LogP contribution in [-0.4, -0.2) is 65.1 Å². The Morgan fingerprint density at radius 1 is 1.28 bits per heavy atom. The number of fused-ring (bicyclic) bond motifs is 1. The van der Waals surface area contributed by atoms with E-state index in [1.807, 2.05) is 4.90 Å². The molecule has 2 fully saturated rings. The Bertz CT molecular complexity index is 886. The van der Waals surface area contributed by atoms with Crippen molar-refractivity contribution in [3.05, 3.63) is 34.9 Å². The highest BCUT2D eigenvalue weighted by Crippen LogP contribution is 2.37. The summed E-state index contributed by atoms with van der Waals surface area (Å²) < 4.78 is 33.7. The molecule has 0 radical (unpaired) electrons. The molecule has 0 unspecified atom stereocenters. The van der Waals surface area contributed by atoms with Gasteiger partial charge in [-0.2, -0.15) is 0 Å². The first-order chi connectivity index (χ1) is 14.0. The summed E-state index contributed by atoms with van der Waals surface area (Å²) >= 11 is 5.86. The van der Waals surface area contributed by atoms with Crippen LogP contribution < -0.4 is 4.90 Å². The van der Waals surface area contributed by atoms with E-state index < -0.39 is 6.43 Å². The summed E-state index contributed by atoms with van der Waals surface area (Å²) in [4.78, 5) is 4.35. The maximum Gasteiger partial charge on any atom is 0.266 e. The van der Waals surface area contributed by atoms with Crippen molar-refractivity contribution in [2.75, 3.05) is 37.7 Å². The molecule has 9 heteroatoms. The number of hydrogen-bond donors (Lipinski definition) is 1. The van der Waals surface area contributed by atoms with Crippen LogP contribution in [0.4, 0.5) is 14.6 Å². The summed E-state index contributed by atoms with van der Waals surface area (Å²) in [6, 6.07) is 5.73. The average Bonchev–Trinajstić information content (AvgIpc) is 2.72. The first-order valence-corrected chi connectivity index (χ1v) is 10.1. The van der Waals surface area contributed by atoms with E-state index in [1.54, 1.807) is 0 Å². The van der Waals surface area contributed by atoms with Gasteiger partial charge in [-0.05, 0) is 37.2 Å². The number of benzene rings is 1. The molecule has 2 atom stereocenters. The minimum atomic E-state index is -2.76. The fourth-order valence-electron chi connectivity index (χ4n) is 4.13. The second-order valence-electron chi connectivity index (χ2n) is 7.32. The Morgan fingerprint density at radius 2 is 2.10 bits per heavy atom. The number of piperidine rings is 1. The third kappa shape index (κ3) is 4.01. The molecule has 2 aliphatic rings. The Hall–Kier alpha value is -2.03. The summed E-state index contributed by atoms with van der Waals surface area (Å²) in [7, 11) is 0. The molecule has 1 aromatic heterocycles. The van der Waals surface area contributed by atoms with Crippen LogP contribution in [0.25, 0.3) is 11.3 Å². The van der Waals surface area contributed by atoms with Crippen molar-refractivity contribution in [1.82, 2.24) is 15.1 Å². The lowest BCUT2D eigenvalue weighted by Gasteiger charge is -2.47. The Morgan fingerprint density at radius 3 is 2.83 bits per heavy atom. The molecule has 2 aliphatic heterocycles. The first kappa shape index (κ1) is 20.3. The van der Waals surface area contributed by atoms with Gasteiger partial charge in [0.2, 0.25) is 0 Å². The number of anilines is 1. The fraction of sp³-hybridized carbons (Fsp3) is 0.500. The fourth-order valence-corrected chi connectivity index (χ4v) is 4.29. The number of halogens is 3. The van der Waals surface area contributed by atoms with Crippen LogP contribution in [0.3, 0.4) is 0 Å². The average molecular weight is 425 g/mol. The first-order valence-electron chi connectivity index (χ1n) is 9.73. The molecule has 1 N–H and O–H groups in total. The van der Waals surface area contributed by atoms with Crippen LogP contribution in [0.5, 0.6) is 5.75 Å². The SMILES string of the molecule is CCN1CC[C@H]2OCCN(c3cc(C(F)F)c(-c4ccc(Cl)cc4O)nn3)[C@H]2C1. The number of morpholine rings is 1. The molecule has 4 rings (SSSR count). The maximum absolute atomic E-state index is 13.9. The summed E-state index contributed by atoms with van der Waals surface area (Å²) in [6.45, 7) is 5.90. The van der Waals surface area contributed by atoms with Crippen molar-refractivity contribution in [2.24, 2.45) is 0 Å². The number of aromatic hydroxyl groups is 1. The van der Waals surface area contributed by atoms with Crippen LogP contribution in [-0.2, 0) is 4.74 Å². The number of hydrogen-bond acceptors (Lipinski definition) is 6. The topological polar surface area (TPSA) is 61.7 Å². The number of likely N-dealkylation sites (N-methyl/N-ethyl adjacent to an activating group) is 1. The molecular formula is C20H23ClF2N4O2. The zero-order valence-corrected chi connectivity index (χ0v) is 16.8. The molecular weight excluding hydrogens is 402 g/mol. The van der Waals surface area contributed by atoms with Gasteiger partial charge in [-0.1, -0.05) is 18.5 Å². The van der Waals surface area contributed by atoms with Crippen LogP contribution >= 0.6 is 11.6 Å². The van der Waals surface area contributed by atoms with Crippen molar-refractivity contribution >= 4 is 17.4 Å². The van der Waals surface area contributed by atoms with Gasteiger partial charge in [-0.3, -0.25) is 0 Å². The molecule has 0 aliphatic carbocycles. The lowest BCUT2D eigenvalue weighted by Crippen LogP contribution is -2.60. The van der Waals surface area contributed by atoms with Gasteiger partial charge in [0.25, 0.3) is 6.43 Å². The minimum absolute atomic E-state index is 0.0402. The van der Waals surface area contributed by atoms with E-state index in [0.717, 1.165) is 26.1 Å². The van der Waals surface area contributed by atoms with Crippen molar-refractivity contribution < 1.29 is 18.6 Å². The summed E-state index contributed by atoms with van der Waals surface area (Å²) in [5, 5.41) is 18.8. The number of phenols is 1. The lowest BCUT2D eigenvalue weighted by molar-refractivity contribution is -0.0282. The standard InChI is InChI=1S/C20H23ClF2N4O2/c1-2-26-6-5-17-15(11-26)27(7-8-29-17)18-10-14(20(22)23)19(25-24-18)13-4-3-12(21)9-16(13)28/h3-4,9-10,15,17,20,28H,2,5-8,11H2,1H3/t15-,17+/m0/s1. The van der Waals surface area contributed by atoms with Gasteiger partial charge in [0.15, 0.2) is 5.82 Å². The van der Waals surface area contributed by atoms with E-state index in [1.165, 1.54) is 24.3 Å². The van der Waals surface area contributed by atoms with Gasteiger partial charge >= 0.3 is 0 Å². The van der Waals surface area contributed by atoms with Crippen LogP contribution in [0.1, 0.15) is 25.3 Å². The number of nitrogens with zero attached hydrogens (tertiary/aromatic N) is 4. The second kappa shape index (κ2) is 8.38. The molecule has 29 heavy (non-hydrogen) atoms. The monoisotopic (exact) mass is 424 g/mol. The molecule has 0 spiro atoms. The molecule has 0 saturated carbocycles. The maximum atomic E-state index is 13.9. The van der Waals surface area contributed by atoms with Gasteiger partial charge in [0, 0.05) is 35.8 Å². The summed E-state index contributed by atoms with van der Waals surface area (Å²) in [5.41, 5.74) is -0.126. The lowest BCUT2D eigenvalue weighted by atomic mass is 9.98. The van der Waals surface area contributed by atoms with E-state index in [4.69, 9.17) is 16.3 Å². The predicted molar refractivity (Wildman–Crippen MR) is 107 cm³/mol. The van der Waals surface area contributed by atoms with E-state index in [0.29, 0.717) is 24.0 Å². The number of ether oxygens (including phenoxy) is 1. The third-order valence-electron chi connectivity index (χ3n) is 5.67. The van der Waals surface area contributed by atoms with Crippen molar-refractivity contribution in [3.63, 3.8) is 0 Å². The molecule has 3 heterocycles. The largest absolute Gasteiger partial charge is 0.507 e. The van der Waals surface area contributed by atoms with Gasteiger partial charge in [-0.15, -0.1) is 10.2 Å². The highest BCUT2D eigenvalue weighted by molar-refractivity contribution is 6.30. The number of rotatable bonds is 4. The summed E-state index contributed by atoms with van der Waals surface area (Å²) in [5.74, 6) is 0.201. The molecule has 0 bridgehead atoms. The van der Waals surface area contributed by atoms with E-state index in [-0.39, 0.29) is 34.7 Å². The highest BCUT2D eigenvalue weighted by Gasteiger charge is 2.38. The molecule has 0 amide bonds. The quantitative estimate of drug-likeness (QED) is 0.806. The predicted octanol–water partition coefficient (Wildman–Crippen LogP) is 3.74. The number of phenolic OH excluding ortho intramolecular Hbond substituents is 1. The van der Waals surface area contributed by atoms with Crippen LogP contribution in [0, 0.1) is 0 Å². The molecule has 156 valence electrons. The third-order valence-corrected chi connectivity index (χ3v) is 5.91. The Kier molecular flexibility index (Phi) is 5.85. The zero-order valence-electron chi connectivity index (χ0n) is 16.1. The van der Waals surface area contributed by atoms with Crippen LogP contribution in [0.2, 0.25) is 5.02 Å². The van der Waals surface area contributed by atoms with Crippen molar-refractivity contribution in [1.29, 1.82) is 0 Å². The van der Waals surface area contributed by atoms with Gasteiger partial charge in [0.05, 0.1) is 18.8 Å². The second-order valence-corrected chi connectivity index (χ2v) is 7.76. The molecule has 1 aromatic carbocycles.